The molecule has 8 heteroatoms. The number of hydrogen-bond acceptors (Lipinski definition) is 4. The van der Waals surface area contributed by atoms with Gasteiger partial charge in [0.15, 0.2) is 0 Å². The molecular formula is C13H19N3O4S. The van der Waals surface area contributed by atoms with Crippen molar-refractivity contribution in [3.63, 3.8) is 0 Å². The lowest BCUT2D eigenvalue weighted by molar-refractivity contribution is 0.185. The Morgan fingerprint density at radius 3 is 2.86 bits per heavy atom. The lowest BCUT2D eigenvalue weighted by Crippen LogP contribution is -2.33. The molecule has 116 valence electrons. The Morgan fingerprint density at radius 2 is 2.24 bits per heavy atom. The van der Waals surface area contributed by atoms with Crippen LogP contribution in [-0.4, -0.2) is 34.2 Å². The van der Waals surface area contributed by atoms with E-state index in [1.54, 1.807) is 13.0 Å². The molecule has 1 aromatic rings. The van der Waals surface area contributed by atoms with E-state index in [-0.39, 0.29) is 10.9 Å². The number of hydrogen-bond donors (Lipinski definition) is 3. The molecule has 0 spiro atoms. The normalized spacial score (nSPS) is 18.5. The van der Waals surface area contributed by atoms with Gasteiger partial charge in [-0.2, -0.15) is 0 Å². The van der Waals surface area contributed by atoms with E-state index in [2.05, 4.69) is 10.6 Å². The topological polar surface area (TPSA) is 111 Å². The first-order chi connectivity index (χ1) is 9.86. The Balaban J connectivity index is 1.99. The Labute approximate surface area is 123 Å². The second-order valence-electron chi connectivity index (χ2n) is 5.09. The van der Waals surface area contributed by atoms with Gasteiger partial charge in [0.1, 0.15) is 0 Å². The molecule has 0 bridgehead atoms. The molecule has 1 atom stereocenters. The average molecular weight is 313 g/mol. The van der Waals surface area contributed by atoms with Crippen LogP contribution in [0.25, 0.3) is 0 Å². The van der Waals surface area contributed by atoms with E-state index in [1.165, 1.54) is 12.1 Å². The van der Waals surface area contributed by atoms with Gasteiger partial charge >= 0.3 is 6.03 Å². The van der Waals surface area contributed by atoms with Crippen molar-refractivity contribution in [1.82, 2.24) is 5.32 Å². The lowest BCUT2D eigenvalue weighted by atomic mass is 10.1. The summed E-state index contributed by atoms with van der Waals surface area (Å²) in [6, 6.07) is 3.98. The van der Waals surface area contributed by atoms with Gasteiger partial charge in [0.25, 0.3) is 0 Å². The third-order valence-corrected chi connectivity index (χ3v) is 4.27. The van der Waals surface area contributed by atoms with Gasteiger partial charge in [-0.1, -0.05) is 6.07 Å². The van der Waals surface area contributed by atoms with Crippen LogP contribution in [0.4, 0.5) is 10.5 Å². The Kier molecular flexibility index (Phi) is 4.81. The van der Waals surface area contributed by atoms with E-state index in [9.17, 15) is 13.2 Å². The molecule has 1 heterocycles. The van der Waals surface area contributed by atoms with Crippen LogP contribution in [0.5, 0.6) is 0 Å². The largest absolute Gasteiger partial charge is 0.381 e. The number of carbonyl (C=O) groups excluding carboxylic acids is 1. The number of carbonyl (C=O) groups is 1. The molecule has 1 saturated heterocycles. The summed E-state index contributed by atoms with van der Waals surface area (Å²) >= 11 is 0. The molecule has 0 unspecified atom stereocenters. The number of anilines is 1. The SMILES string of the molecule is Cc1ccc(S(N)(=O)=O)cc1NC(=O)NC[C@@H]1CCOC1. The summed E-state index contributed by atoms with van der Waals surface area (Å²) in [5.41, 5.74) is 1.17. The smallest absolute Gasteiger partial charge is 0.319 e. The molecule has 2 rings (SSSR count). The number of aryl methyl sites for hydroxylation is 1. The molecule has 21 heavy (non-hydrogen) atoms. The van der Waals surface area contributed by atoms with Crippen molar-refractivity contribution in [3.8, 4) is 0 Å². The van der Waals surface area contributed by atoms with E-state index in [1.807, 2.05) is 0 Å². The van der Waals surface area contributed by atoms with E-state index in [0.717, 1.165) is 18.6 Å². The maximum atomic E-state index is 11.8. The summed E-state index contributed by atoms with van der Waals surface area (Å²) in [6.07, 6.45) is 0.931. The van der Waals surface area contributed by atoms with Gasteiger partial charge in [-0.05, 0) is 31.0 Å². The van der Waals surface area contributed by atoms with Gasteiger partial charge in [-0.15, -0.1) is 0 Å². The van der Waals surface area contributed by atoms with Crippen LogP contribution in [0.2, 0.25) is 0 Å². The molecule has 0 saturated carbocycles. The van der Waals surface area contributed by atoms with Gasteiger partial charge < -0.3 is 15.4 Å². The van der Waals surface area contributed by atoms with E-state index in [4.69, 9.17) is 9.88 Å². The van der Waals surface area contributed by atoms with Gasteiger partial charge in [-0.3, -0.25) is 0 Å². The van der Waals surface area contributed by atoms with Crippen molar-refractivity contribution in [2.24, 2.45) is 11.1 Å². The predicted molar refractivity (Wildman–Crippen MR) is 78.5 cm³/mol. The number of amides is 2. The number of urea groups is 1. The standard InChI is InChI=1S/C13H19N3O4S/c1-9-2-3-11(21(14,18)19)6-12(9)16-13(17)15-7-10-4-5-20-8-10/h2-3,6,10H,4-5,7-8H2,1H3,(H2,14,18,19)(H2,15,16,17)/t10-/m0/s1. The fourth-order valence-electron chi connectivity index (χ4n) is 2.06. The minimum Gasteiger partial charge on any atom is -0.381 e. The van der Waals surface area contributed by atoms with Gasteiger partial charge in [0, 0.05) is 24.8 Å². The van der Waals surface area contributed by atoms with Crippen molar-refractivity contribution in [1.29, 1.82) is 0 Å². The number of nitrogens with two attached hydrogens (primary N) is 1. The van der Waals surface area contributed by atoms with Crippen LogP contribution in [0.15, 0.2) is 23.1 Å². The summed E-state index contributed by atoms with van der Waals surface area (Å²) in [5.74, 6) is 0.326. The Morgan fingerprint density at radius 1 is 1.48 bits per heavy atom. The van der Waals surface area contributed by atoms with Crippen molar-refractivity contribution < 1.29 is 17.9 Å². The molecular weight excluding hydrogens is 294 g/mol. The van der Waals surface area contributed by atoms with Crippen LogP contribution in [0, 0.1) is 12.8 Å². The predicted octanol–water partition coefficient (Wildman–Crippen LogP) is 0.800. The van der Waals surface area contributed by atoms with Crippen molar-refractivity contribution in [2.75, 3.05) is 25.1 Å². The number of nitrogens with one attached hydrogen (secondary N) is 2. The first kappa shape index (κ1) is 15.7. The zero-order valence-electron chi connectivity index (χ0n) is 11.8. The Hall–Kier alpha value is -1.64. The van der Waals surface area contributed by atoms with Crippen molar-refractivity contribution in [3.05, 3.63) is 23.8 Å². The second kappa shape index (κ2) is 6.42. The number of primary sulfonamides is 1. The molecule has 7 nitrogen and oxygen atoms in total. The molecule has 0 radical (unpaired) electrons. The van der Waals surface area contributed by atoms with Crippen molar-refractivity contribution >= 4 is 21.7 Å². The molecule has 1 aliphatic heterocycles. The third-order valence-electron chi connectivity index (χ3n) is 3.36. The fraction of sp³-hybridized carbons (Fsp3) is 0.462. The minimum absolute atomic E-state index is 0.0346. The summed E-state index contributed by atoms with van der Waals surface area (Å²) in [6.45, 7) is 3.68. The molecule has 4 N–H and O–H groups in total. The molecule has 1 aliphatic rings. The highest BCUT2D eigenvalue weighted by atomic mass is 32.2. The molecule has 0 aromatic heterocycles. The number of rotatable bonds is 4. The van der Waals surface area contributed by atoms with Gasteiger partial charge in [0.05, 0.1) is 11.5 Å². The third kappa shape index (κ3) is 4.42. The van der Waals surface area contributed by atoms with Gasteiger partial charge in [-0.25, -0.2) is 18.4 Å². The van der Waals surface area contributed by atoms with Crippen LogP contribution >= 0.6 is 0 Å². The minimum atomic E-state index is -3.79. The maximum absolute atomic E-state index is 11.8. The van der Waals surface area contributed by atoms with Gasteiger partial charge in [0.2, 0.25) is 10.0 Å². The highest BCUT2D eigenvalue weighted by molar-refractivity contribution is 7.89. The number of benzene rings is 1. The summed E-state index contributed by atoms with van der Waals surface area (Å²) in [4.78, 5) is 11.8. The molecule has 2 amide bonds. The zero-order chi connectivity index (χ0) is 15.5. The van der Waals surface area contributed by atoms with E-state index in [0.29, 0.717) is 24.8 Å². The molecule has 1 aromatic carbocycles. The Bertz CT molecular complexity index is 624. The van der Waals surface area contributed by atoms with Crippen LogP contribution in [-0.2, 0) is 14.8 Å². The average Bonchev–Trinajstić information content (AvgIpc) is 2.91. The summed E-state index contributed by atoms with van der Waals surface area (Å²) < 4.78 is 27.9. The van der Waals surface area contributed by atoms with Crippen LogP contribution in [0.3, 0.4) is 0 Å². The second-order valence-corrected chi connectivity index (χ2v) is 6.65. The molecule has 1 fully saturated rings. The van der Waals surface area contributed by atoms with Crippen LogP contribution < -0.4 is 15.8 Å². The maximum Gasteiger partial charge on any atom is 0.319 e. The first-order valence-corrected chi connectivity index (χ1v) is 8.17. The fourth-order valence-corrected chi connectivity index (χ4v) is 2.60. The van der Waals surface area contributed by atoms with E-state index < -0.39 is 10.0 Å². The first-order valence-electron chi connectivity index (χ1n) is 6.62. The number of ether oxygens (including phenoxy) is 1. The monoisotopic (exact) mass is 313 g/mol. The zero-order valence-corrected chi connectivity index (χ0v) is 12.6. The van der Waals surface area contributed by atoms with Crippen molar-refractivity contribution in [2.45, 2.75) is 18.2 Å². The van der Waals surface area contributed by atoms with E-state index >= 15 is 0 Å². The number of sulfonamides is 1. The highest BCUT2D eigenvalue weighted by Gasteiger charge is 2.17. The highest BCUT2D eigenvalue weighted by Crippen LogP contribution is 2.19. The van der Waals surface area contributed by atoms with Crippen LogP contribution in [0.1, 0.15) is 12.0 Å². The summed E-state index contributed by atoms with van der Waals surface area (Å²) in [7, 11) is -3.79. The summed E-state index contributed by atoms with van der Waals surface area (Å²) in [5, 5.41) is 10.5. The quantitative estimate of drug-likeness (QED) is 0.763. The molecule has 0 aliphatic carbocycles. The lowest BCUT2D eigenvalue weighted by Gasteiger charge is -2.13.